The van der Waals surface area contributed by atoms with Gasteiger partial charge in [-0.3, -0.25) is 9.67 Å². The van der Waals surface area contributed by atoms with E-state index in [1.165, 1.54) is 5.56 Å². The lowest BCUT2D eigenvalue weighted by Crippen LogP contribution is -2.38. The Morgan fingerprint density at radius 1 is 1.29 bits per heavy atom. The van der Waals surface area contributed by atoms with E-state index < -0.39 is 0 Å². The van der Waals surface area contributed by atoms with Gasteiger partial charge in [0, 0.05) is 31.9 Å². The van der Waals surface area contributed by atoms with E-state index in [-0.39, 0.29) is 6.04 Å². The minimum Gasteiger partial charge on any atom is -0.352 e. The number of hydrogen-bond acceptors (Lipinski definition) is 2. The molecule has 130 valence electrons. The molecule has 5 nitrogen and oxygen atoms in total. The lowest BCUT2D eigenvalue weighted by atomic mass is 10.1. The summed E-state index contributed by atoms with van der Waals surface area (Å²) in [5.74, 6) is 0.719. The third kappa shape index (κ3) is 4.22. The number of rotatable bonds is 4. The molecule has 0 saturated carbocycles. The second-order valence-corrected chi connectivity index (χ2v) is 6.55. The maximum Gasteiger partial charge on any atom is 0.191 e. The first-order chi connectivity index (χ1) is 11.3. The van der Waals surface area contributed by atoms with Gasteiger partial charge in [0.05, 0.1) is 21.8 Å². The van der Waals surface area contributed by atoms with Crippen molar-refractivity contribution in [3.63, 3.8) is 0 Å². The summed E-state index contributed by atoms with van der Waals surface area (Å²) in [4.78, 5) is 4.28. The van der Waals surface area contributed by atoms with Crippen molar-refractivity contribution >= 4 is 29.2 Å². The normalized spacial score (nSPS) is 13.0. The van der Waals surface area contributed by atoms with Crippen LogP contribution in [0.25, 0.3) is 0 Å². The summed E-state index contributed by atoms with van der Waals surface area (Å²) in [5.41, 5.74) is 4.40. The Labute approximate surface area is 153 Å². The summed E-state index contributed by atoms with van der Waals surface area (Å²) in [6.45, 7) is 6.79. The van der Waals surface area contributed by atoms with Crippen LogP contribution in [0.3, 0.4) is 0 Å². The van der Waals surface area contributed by atoms with Gasteiger partial charge in [-0.1, -0.05) is 29.3 Å². The number of nitrogens with one attached hydrogen (secondary N) is 2. The lowest BCUT2D eigenvalue weighted by molar-refractivity contribution is 0.684. The highest BCUT2D eigenvalue weighted by Crippen LogP contribution is 2.25. The van der Waals surface area contributed by atoms with Gasteiger partial charge >= 0.3 is 0 Å². The first-order valence-electron chi connectivity index (χ1n) is 7.74. The average molecular weight is 368 g/mol. The third-order valence-electron chi connectivity index (χ3n) is 4.11. The molecule has 0 spiro atoms. The molecule has 1 unspecified atom stereocenters. The van der Waals surface area contributed by atoms with Gasteiger partial charge in [0.2, 0.25) is 0 Å². The largest absolute Gasteiger partial charge is 0.352 e. The van der Waals surface area contributed by atoms with E-state index in [2.05, 4.69) is 27.6 Å². The van der Waals surface area contributed by atoms with Crippen LogP contribution in [0.2, 0.25) is 10.0 Å². The van der Waals surface area contributed by atoms with Crippen LogP contribution in [0.5, 0.6) is 0 Å². The molecular weight excluding hydrogens is 345 g/mol. The molecule has 24 heavy (non-hydrogen) atoms. The highest BCUT2D eigenvalue weighted by Gasteiger charge is 2.12. The molecule has 0 saturated heterocycles. The maximum absolute atomic E-state index is 6.09. The minimum absolute atomic E-state index is 0.0436. The molecule has 1 aromatic heterocycles. The number of nitrogens with zero attached hydrogens (tertiary/aromatic N) is 3. The maximum atomic E-state index is 6.09. The van der Waals surface area contributed by atoms with E-state index in [9.17, 15) is 0 Å². The lowest BCUT2D eigenvalue weighted by Gasteiger charge is -2.19. The molecule has 0 amide bonds. The molecule has 2 aromatic rings. The van der Waals surface area contributed by atoms with E-state index in [0.29, 0.717) is 16.6 Å². The monoisotopic (exact) mass is 367 g/mol. The zero-order valence-corrected chi connectivity index (χ0v) is 16.1. The van der Waals surface area contributed by atoms with Crippen molar-refractivity contribution in [3.05, 3.63) is 50.8 Å². The molecule has 2 rings (SSSR count). The molecule has 1 heterocycles. The SMILES string of the molecule is CN=C(NCc1c(C)nn(C)c1C)NC(C)c1ccc(Cl)c(Cl)c1. The van der Waals surface area contributed by atoms with Gasteiger partial charge in [-0.15, -0.1) is 0 Å². The summed E-state index contributed by atoms with van der Waals surface area (Å²) in [6.07, 6.45) is 0. The molecule has 2 N–H and O–H groups in total. The fourth-order valence-corrected chi connectivity index (χ4v) is 2.82. The highest BCUT2D eigenvalue weighted by molar-refractivity contribution is 6.42. The molecule has 0 fully saturated rings. The number of guanidine groups is 1. The fraction of sp³-hybridized carbons (Fsp3) is 0.412. The van der Waals surface area contributed by atoms with Crippen molar-refractivity contribution in [1.29, 1.82) is 0 Å². The fourth-order valence-electron chi connectivity index (χ4n) is 2.51. The summed E-state index contributed by atoms with van der Waals surface area (Å²) >= 11 is 12.1. The Kier molecular flexibility index (Phi) is 6.13. The second-order valence-electron chi connectivity index (χ2n) is 5.74. The Morgan fingerprint density at radius 3 is 2.54 bits per heavy atom. The van der Waals surface area contributed by atoms with Crippen LogP contribution >= 0.6 is 23.2 Å². The highest BCUT2D eigenvalue weighted by atomic mass is 35.5. The zero-order chi connectivity index (χ0) is 17.9. The van der Waals surface area contributed by atoms with E-state index >= 15 is 0 Å². The molecular formula is C17H23Cl2N5. The molecule has 0 aliphatic heterocycles. The van der Waals surface area contributed by atoms with Crippen LogP contribution in [0.4, 0.5) is 0 Å². The van der Waals surface area contributed by atoms with Crippen molar-refractivity contribution in [3.8, 4) is 0 Å². The predicted octanol–water partition coefficient (Wildman–Crippen LogP) is 3.77. The number of aliphatic imine (C=N–C) groups is 1. The Hall–Kier alpha value is -1.72. The molecule has 0 aliphatic carbocycles. The van der Waals surface area contributed by atoms with Crippen molar-refractivity contribution in [2.75, 3.05) is 7.05 Å². The summed E-state index contributed by atoms with van der Waals surface area (Å²) < 4.78 is 1.89. The Balaban J connectivity index is 2.03. The quantitative estimate of drug-likeness (QED) is 0.638. The molecule has 7 heteroatoms. The van der Waals surface area contributed by atoms with Crippen molar-refractivity contribution < 1.29 is 0 Å². The number of benzene rings is 1. The smallest absolute Gasteiger partial charge is 0.191 e. The van der Waals surface area contributed by atoms with Crippen molar-refractivity contribution in [1.82, 2.24) is 20.4 Å². The van der Waals surface area contributed by atoms with Gasteiger partial charge in [0.15, 0.2) is 5.96 Å². The second kappa shape index (κ2) is 7.90. The van der Waals surface area contributed by atoms with Crippen LogP contribution < -0.4 is 10.6 Å². The van der Waals surface area contributed by atoms with E-state index in [4.69, 9.17) is 23.2 Å². The predicted molar refractivity (Wildman–Crippen MR) is 101 cm³/mol. The van der Waals surface area contributed by atoms with Crippen LogP contribution in [0, 0.1) is 13.8 Å². The van der Waals surface area contributed by atoms with Gasteiger partial charge in [-0.2, -0.15) is 5.10 Å². The van der Waals surface area contributed by atoms with Crippen LogP contribution in [-0.4, -0.2) is 22.8 Å². The number of aryl methyl sites for hydroxylation is 2. The number of halogens is 2. The van der Waals surface area contributed by atoms with Crippen molar-refractivity contribution in [2.24, 2.45) is 12.0 Å². The standard InChI is InChI=1S/C17H23Cl2N5/c1-10(13-6-7-15(18)16(19)8-13)22-17(20-4)21-9-14-11(2)23-24(5)12(14)3/h6-8,10H,9H2,1-5H3,(H2,20,21,22). The minimum atomic E-state index is 0.0436. The molecule has 1 atom stereocenters. The van der Waals surface area contributed by atoms with E-state index in [0.717, 1.165) is 22.9 Å². The van der Waals surface area contributed by atoms with Gasteiger partial charge in [0.1, 0.15) is 0 Å². The molecule has 0 aliphatic rings. The van der Waals surface area contributed by atoms with Gasteiger partial charge < -0.3 is 10.6 Å². The molecule has 1 aromatic carbocycles. The van der Waals surface area contributed by atoms with Gasteiger partial charge in [-0.25, -0.2) is 0 Å². The Morgan fingerprint density at radius 2 is 2.00 bits per heavy atom. The van der Waals surface area contributed by atoms with Crippen LogP contribution in [0.1, 0.15) is 35.5 Å². The number of aromatic nitrogens is 2. The number of hydrogen-bond donors (Lipinski definition) is 2. The third-order valence-corrected chi connectivity index (χ3v) is 4.85. The van der Waals surface area contributed by atoms with Gasteiger partial charge in [-0.05, 0) is 38.5 Å². The van der Waals surface area contributed by atoms with E-state index in [1.54, 1.807) is 13.1 Å². The Bertz CT molecular complexity index is 752. The zero-order valence-electron chi connectivity index (χ0n) is 14.6. The average Bonchev–Trinajstić information content (AvgIpc) is 2.79. The first kappa shape index (κ1) is 18.6. The van der Waals surface area contributed by atoms with E-state index in [1.807, 2.05) is 37.7 Å². The summed E-state index contributed by atoms with van der Waals surface area (Å²) in [7, 11) is 3.70. The van der Waals surface area contributed by atoms with Gasteiger partial charge in [0.25, 0.3) is 0 Å². The summed E-state index contributed by atoms with van der Waals surface area (Å²) in [6, 6.07) is 5.66. The molecule has 0 radical (unpaired) electrons. The topological polar surface area (TPSA) is 54.2 Å². The van der Waals surface area contributed by atoms with Crippen LogP contribution in [-0.2, 0) is 13.6 Å². The molecule has 0 bridgehead atoms. The van der Waals surface area contributed by atoms with Crippen molar-refractivity contribution in [2.45, 2.75) is 33.4 Å². The summed E-state index contributed by atoms with van der Waals surface area (Å²) in [5, 5.41) is 12.2. The first-order valence-corrected chi connectivity index (χ1v) is 8.50. The van der Waals surface area contributed by atoms with Crippen LogP contribution in [0.15, 0.2) is 23.2 Å².